The molecular formula is C13H18N2O3. The van der Waals surface area contributed by atoms with Gasteiger partial charge < -0.3 is 10.2 Å². The number of rotatable bonds is 4. The van der Waals surface area contributed by atoms with Gasteiger partial charge in [0, 0.05) is 12.6 Å². The molecule has 2 rings (SSSR count). The van der Waals surface area contributed by atoms with Gasteiger partial charge in [-0.1, -0.05) is 30.3 Å². The molecule has 5 heteroatoms. The van der Waals surface area contributed by atoms with Gasteiger partial charge in [-0.05, 0) is 12.5 Å². The molecule has 1 atom stereocenters. The number of carbonyl (C=O) groups excluding carboxylic acids is 1. The molecule has 0 bridgehead atoms. The average Bonchev–Trinajstić information content (AvgIpc) is 2.63. The van der Waals surface area contributed by atoms with Crippen LogP contribution in [0.2, 0.25) is 0 Å². The van der Waals surface area contributed by atoms with Crippen molar-refractivity contribution in [3.05, 3.63) is 35.9 Å². The summed E-state index contributed by atoms with van der Waals surface area (Å²) in [5, 5.41) is 20.5. The maximum atomic E-state index is 11.9. The van der Waals surface area contributed by atoms with E-state index in [1.54, 1.807) is 5.01 Å². The van der Waals surface area contributed by atoms with E-state index in [2.05, 4.69) is 5.43 Å². The van der Waals surface area contributed by atoms with E-state index in [1.165, 1.54) is 0 Å². The summed E-state index contributed by atoms with van der Waals surface area (Å²) in [6.07, 6.45) is 0. The van der Waals surface area contributed by atoms with Crippen molar-refractivity contribution in [1.82, 2.24) is 10.4 Å². The Morgan fingerprint density at radius 1 is 1.28 bits per heavy atom. The number of nitrogens with one attached hydrogen (secondary N) is 1. The summed E-state index contributed by atoms with van der Waals surface area (Å²) in [5.74, 6) is -0.323. The SMILES string of the molecule is CC1N(Cc2ccccc2)NC(=O)C1(CO)CO. The fourth-order valence-electron chi connectivity index (χ4n) is 2.24. The molecular weight excluding hydrogens is 232 g/mol. The minimum absolute atomic E-state index is 0.264. The van der Waals surface area contributed by atoms with Gasteiger partial charge in [-0.15, -0.1) is 0 Å². The molecule has 1 fully saturated rings. The third-order valence-corrected chi connectivity index (χ3v) is 3.72. The number of amides is 1. The van der Waals surface area contributed by atoms with Crippen LogP contribution in [0.5, 0.6) is 0 Å². The number of benzene rings is 1. The van der Waals surface area contributed by atoms with E-state index in [9.17, 15) is 15.0 Å². The second kappa shape index (κ2) is 5.06. The van der Waals surface area contributed by atoms with Gasteiger partial charge in [-0.2, -0.15) is 0 Å². The number of hydrogen-bond donors (Lipinski definition) is 3. The van der Waals surface area contributed by atoms with E-state index in [0.717, 1.165) is 5.56 Å². The van der Waals surface area contributed by atoms with Crippen LogP contribution in [-0.4, -0.2) is 40.4 Å². The highest BCUT2D eigenvalue weighted by Crippen LogP contribution is 2.31. The summed E-state index contributed by atoms with van der Waals surface area (Å²) in [5.41, 5.74) is 2.67. The zero-order valence-electron chi connectivity index (χ0n) is 10.3. The summed E-state index contributed by atoms with van der Waals surface area (Å²) >= 11 is 0. The number of aliphatic hydroxyl groups excluding tert-OH is 2. The van der Waals surface area contributed by atoms with Crippen molar-refractivity contribution in [1.29, 1.82) is 0 Å². The Morgan fingerprint density at radius 2 is 1.89 bits per heavy atom. The first-order valence-corrected chi connectivity index (χ1v) is 5.97. The molecule has 5 nitrogen and oxygen atoms in total. The third kappa shape index (κ3) is 2.01. The molecule has 0 radical (unpaired) electrons. The lowest BCUT2D eigenvalue weighted by atomic mass is 9.83. The smallest absolute Gasteiger partial charge is 0.246 e. The van der Waals surface area contributed by atoms with Gasteiger partial charge in [0.15, 0.2) is 0 Å². The molecule has 1 saturated heterocycles. The Morgan fingerprint density at radius 3 is 2.39 bits per heavy atom. The topological polar surface area (TPSA) is 72.8 Å². The van der Waals surface area contributed by atoms with Gasteiger partial charge in [0.05, 0.1) is 13.2 Å². The molecule has 1 unspecified atom stereocenters. The van der Waals surface area contributed by atoms with Crippen LogP contribution in [0.25, 0.3) is 0 Å². The summed E-state index contributed by atoms with van der Waals surface area (Å²) in [6.45, 7) is 1.66. The average molecular weight is 250 g/mol. The van der Waals surface area contributed by atoms with Crippen molar-refractivity contribution >= 4 is 5.91 Å². The second-order valence-electron chi connectivity index (χ2n) is 4.70. The fourth-order valence-corrected chi connectivity index (χ4v) is 2.24. The highest BCUT2D eigenvalue weighted by molar-refractivity contribution is 5.85. The number of nitrogens with zero attached hydrogens (tertiary/aromatic N) is 1. The molecule has 98 valence electrons. The Balaban J connectivity index is 2.16. The van der Waals surface area contributed by atoms with Crippen molar-refractivity contribution in [3.8, 4) is 0 Å². The van der Waals surface area contributed by atoms with Gasteiger partial charge in [-0.25, -0.2) is 5.01 Å². The molecule has 1 aliphatic heterocycles. The minimum Gasteiger partial charge on any atom is -0.395 e. The Labute approximate surface area is 106 Å². The fraction of sp³-hybridized carbons (Fsp3) is 0.462. The summed E-state index contributed by atoms with van der Waals surface area (Å²) in [6, 6.07) is 9.47. The first kappa shape index (κ1) is 13.0. The zero-order chi connectivity index (χ0) is 13.2. The molecule has 18 heavy (non-hydrogen) atoms. The second-order valence-corrected chi connectivity index (χ2v) is 4.70. The van der Waals surface area contributed by atoms with Crippen LogP contribution in [0.4, 0.5) is 0 Å². The predicted octanol–water partition coefficient (Wildman–Crippen LogP) is -0.107. The molecule has 0 aliphatic carbocycles. The van der Waals surface area contributed by atoms with Crippen molar-refractivity contribution in [2.75, 3.05) is 13.2 Å². The summed E-state index contributed by atoms with van der Waals surface area (Å²) in [7, 11) is 0. The van der Waals surface area contributed by atoms with Crippen LogP contribution in [0.15, 0.2) is 30.3 Å². The van der Waals surface area contributed by atoms with Crippen LogP contribution in [-0.2, 0) is 11.3 Å². The number of carbonyl (C=O) groups is 1. The maximum Gasteiger partial charge on any atom is 0.246 e. The maximum absolute atomic E-state index is 11.9. The lowest BCUT2D eigenvalue weighted by Gasteiger charge is -2.28. The van der Waals surface area contributed by atoms with Gasteiger partial charge in [0.25, 0.3) is 0 Å². The standard InChI is InChI=1S/C13H18N2O3/c1-10-13(8-16,9-17)12(18)14-15(10)7-11-5-3-2-4-6-11/h2-6,10,16-17H,7-9H2,1H3,(H,14,18). The van der Waals surface area contributed by atoms with E-state index < -0.39 is 5.41 Å². The van der Waals surface area contributed by atoms with Crippen LogP contribution in [0.1, 0.15) is 12.5 Å². The van der Waals surface area contributed by atoms with Crippen LogP contribution in [0.3, 0.4) is 0 Å². The molecule has 0 saturated carbocycles. The van der Waals surface area contributed by atoms with E-state index in [4.69, 9.17) is 0 Å². The number of hydrazine groups is 1. The van der Waals surface area contributed by atoms with E-state index in [1.807, 2.05) is 37.3 Å². The van der Waals surface area contributed by atoms with Crippen molar-refractivity contribution in [2.24, 2.45) is 5.41 Å². The van der Waals surface area contributed by atoms with Crippen molar-refractivity contribution in [3.63, 3.8) is 0 Å². The molecule has 1 aromatic rings. The summed E-state index contributed by atoms with van der Waals surface area (Å²) < 4.78 is 0. The Kier molecular flexibility index (Phi) is 3.65. The highest BCUT2D eigenvalue weighted by Gasteiger charge is 2.51. The monoisotopic (exact) mass is 250 g/mol. The Bertz CT molecular complexity index is 418. The molecule has 0 aromatic heterocycles. The van der Waals surface area contributed by atoms with E-state index in [0.29, 0.717) is 6.54 Å². The molecule has 1 amide bonds. The van der Waals surface area contributed by atoms with Gasteiger partial charge in [0.2, 0.25) is 5.91 Å². The van der Waals surface area contributed by atoms with E-state index in [-0.39, 0.29) is 25.2 Å². The molecule has 0 spiro atoms. The molecule has 3 N–H and O–H groups in total. The summed E-state index contributed by atoms with van der Waals surface area (Å²) in [4.78, 5) is 11.9. The van der Waals surface area contributed by atoms with Crippen LogP contribution in [0, 0.1) is 5.41 Å². The highest BCUT2D eigenvalue weighted by atomic mass is 16.3. The first-order chi connectivity index (χ1) is 8.64. The molecule has 1 aromatic carbocycles. The van der Waals surface area contributed by atoms with Gasteiger partial charge >= 0.3 is 0 Å². The van der Waals surface area contributed by atoms with Gasteiger partial charge in [0.1, 0.15) is 5.41 Å². The zero-order valence-corrected chi connectivity index (χ0v) is 10.3. The Hall–Kier alpha value is -1.43. The molecule has 1 heterocycles. The van der Waals surface area contributed by atoms with Gasteiger partial charge in [-0.3, -0.25) is 10.2 Å². The predicted molar refractivity (Wildman–Crippen MR) is 66.2 cm³/mol. The largest absolute Gasteiger partial charge is 0.395 e. The lowest BCUT2D eigenvalue weighted by molar-refractivity contribution is -0.132. The normalized spacial score (nSPS) is 23.1. The van der Waals surface area contributed by atoms with E-state index >= 15 is 0 Å². The molecule has 1 aliphatic rings. The number of hydrogen-bond acceptors (Lipinski definition) is 4. The quantitative estimate of drug-likeness (QED) is 0.697. The first-order valence-electron chi connectivity index (χ1n) is 5.97. The lowest BCUT2D eigenvalue weighted by Crippen LogP contribution is -2.45. The number of aliphatic hydroxyl groups is 2. The van der Waals surface area contributed by atoms with Crippen LogP contribution < -0.4 is 5.43 Å². The minimum atomic E-state index is -1.12. The van der Waals surface area contributed by atoms with Crippen molar-refractivity contribution < 1.29 is 15.0 Å². The van der Waals surface area contributed by atoms with Crippen LogP contribution >= 0.6 is 0 Å². The van der Waals surface area contributed by atoms with Crippen molar-refractivity contribution in [2.45, 2.75) is 19.5 Å². The third-order valence-electron chi connectivity index (χ3n) is 3.72.